The Kier molecular flexibility index (Phi) is 6.29. The number of likely N-dealkylation sites (tertiary alicyclic amines) is 2. The summed E-state index contributed by atoms with van der Waals surface area (Å²) in [4.78, 5) is 25.5. The number of carbonyl (C=O) groups excluding carboxylic acids is 1. The fourth-order valence-electron chi connectivity index (χ4n) is 4.23. The first-order valence-electron chi connectivity index (χ1n) is 10.2. The molecule has 6 nitrogen and oxygen atoms in total. The molecule has 148 valence electrons. The average Bonchev–Trinajstić information content (AvgIpc) is 2.79. The second-order valence-corrected chi connectivity index (χ2v) is 7.66. The van der Waals surface area contributed by atoms with Crippen LogP contribution in [0.25, 0.3) is 0 Å². The highest BCUT2D eigenvalue weighted by Crippen LogP contribution is 2.23. The predicted molar refractivity (Wildman–Crippen MR) is 107 cm³/mol. The van der Waals surface area contributed by atoms with Crippen molar-refractivity contribution >= 4 is 5.91 Å². The number of ether oxygens (including phenoxy) is 1. The highest BCUT2D eigenvalue weighted by atomic mass is 16.5. The van der Waals surface area contributed by atoms with Crippen LogP contribution in [0.1, 0.15) is 41.7 Å². The van der Waals surface area contributed by atoms with Crippen LogP contribution in [0.3, 0.4) is 0 Å². The van der Waals surface area contributed by atoms with Crippen LogP contribution in [0.2, 0.25) is 0 Å². The van der Waals surface area contributed by atoms with Crippen LogP contribution in [-0.4, -0.2) is 64.0 Å². The van der Waals surface area contributed by atoms with Gasteiger partial charge in [-0.05, 0) is 56.5 Å². The molecule has 1 amide bonds. The summed E-state index contributed by atoms with van der Waals surface area (Å²) in [5.74, 6) is 0.0989. The van der Waals surface area contributed by atoms with Crippen molar-refractivity contribution < 1.29 is 9.53 Å². The van der Waals surface area contributed by atoms with Gasteiger partial charge in [0.05, 0.1) is 24.0 Å². The van der Waals surface area contributed by atoms with Crippen LogP contribution in [0.4, 0.5) is 0 Å². The average molecular weight is 380 g/mol. The Morgan fingerprint density at radius 1 is 1.07 bits per heavy atom. The first-order chi connectivity index (χ1) is 13.8. The van der Waals surface area contributed by atoms with Crippen LogP contribution in [0, 0.1) is 0 Å². The number of pyridine rings is 2. The lowest BCUT2D eigenvalue weighted by Crippen LogP contribution is -2.51. The molecule has 2 fully saturated rings. The topological polar surface area (TPSA) is 58.6 Å². The third kappa shape index (κ3) is 4.75. The maximum atomic E-state index is 12.6. The summed E-state index contributed by atoms with van der Waals surface area (Å²) >= 11 is 0. The molecule has 0 aliphatic carbocycles. The van der Waals surface area contributed by atoms with Crippen LogP contribution in [0.5, 0.6) is 0 Å². The van der Waals surface area contributed by atoms with Gasteiger partial charge in [-0.3, -0.25) is 19.7 Å². The third-order valence-electron chi connectivity index (χ3n) is 5.78. The van der Waals surface area contributed by atoms with Crippen molar-refractivity contribution in [3.63, 3.8) is 0 Å². The molecule has 0 saturated carbocycles. The fraction of sp³-hybridized carbons (Fsp3) is 0.500. The maximum absolute atomic E-state index is 12.6. The van der Waals surface area contributed by atoms with E-state index in [0.29, 0.717) is 18.2 Å². The summed E-state index contributed by atoms with van der Waals surface area (Å²) in [6.45, 7) is 4.32. The zero-order valence-electron chi connectivity index (χ0n) is 16.2. The van der Waals surface area contributed by atoms with Gasteiger partial charge in [-0.25, -0.2) is 0 Å². The molecule has 4 rings (SSSR count). The van der Waals surface area contributed by atoms with Gasteiger partial charge in [-0.15, -0.1) is 0 Å². The lowest BCUT2D eigenvalue weighted by molar-refractivity contribution is -0.0294. The fourth-order valence-corrected chi connectivity index (χ4v) is 4.23. The zero-order valence-corrected chi connectivity index (χ0v) is 16.2. The minimum atomic E-state index is 0.0989. The maximum Gasteiger partial charge on any atom is 0.255 e. The van der Waals surface area contributed by atoms with Gasteiger partial charge in [0.2, 0.25) is 0 Å². The van der Waals surface area contributed by atoms with Gasteiger partial charge < -0.3 is 9.64 Å². The molecule has 28 heavy (non-hydrogen) atoms. The van der Waals surface area contributed by atoms with Crippen LogP contribution in [-0.2, 0) is 11.3 Å². The Morgan fingerprint density at radius 2 is 1.96 bits per heavy atom. The number of rotatable bonds is 5. The Labute approximate surface area is 166 Å². The highest BCUT2D eigenvalue weighted by molar-refractivity contribution is 5.93. The van der Waals surface area contributed by atoms with Gasteiger partial charge in [0, 0.05) is 44.3 Å². The van der Waals surface area contributed by atoms with Crippen LogP contribution in [0.15, 0.2) is 48.9 Å². The van der Waals surface area contributed by atoms with Gasteiger partial charge in [0.15, 0.2) is 0 Å². The Morgan fingerprint density at radius 3 is 2.71 bits per heavy atom. The Balaban J connectivity index is 1.25. The van der Waals surface area contributed by atoms with Crippen LogP contribution < -0.4 is 0 Å². The minimum absolute atomic E-state index is 0.0989. The van der Waals surface area contributed by atoms with Gasteiger partial charge in [0.1, 0.15) is 0 Å². The summed E-state index contributed by atoms with van der Waals surface area (Å²) in [7, 11) is 0. The number of piperidine rings is 2. The molecular formula is C22H28N4O2. The summed E-state index contributed by atoms with van der Waals surface area (Å²) in [6, 6.07) is 10.1. The van der Waals surface area contributed by atoms with Gasteiger partial charge in [-0.1, -0.05) is 6.07 Å². The van der Waals surface area contributed by atoms with Crippen molar-refractivity contribution in [1.29, 1.82) is 0 Å². The molecule has 1 atom stereocenters. The van der Waals surface area contributed by atoms with E-state index in [0.717, 1.165) is 51.1 Å². The molecule has 0 spiro atoms. The van der Waals surface area contributed by atoms with E-state index < -0.39 is 0 Å². The normalized spacial score (nSPS) is 21.6. The summed E-state index contributed by atoms with van der Waals surface area (Å²) in [6.07, 6.45) is 9.77. The van der Waals surface area contributed by atoms with Crippen molar-refractivity contribution in [2.45, 2.75) is 44.4 Å². The first kappa shape index (κ1) is 19.0. The molecule has 0 bridgehead atoms. The van der Waals surface area contributed by atoms with E-state index in [4.69, 9.17) is 4.74 Å². The number of aromatic nitrogens is 2. The highest BCUT2D eigenvalue weighted by Gasteiger charge is 2.30. The van der Waals surface area contributed by atoms with Crippen molar-refractivity contribution in [3.8, 4) is 0 Å². The monoisotopic (exact) mass is 380 g/mol. The Bertz CT molecular complexity index is 748. The SMILES string of the molecule is O=C(c1cccnc1)N1CCC(N2CCCC(OCc3ccccn3)C2)CC1. The molecule has 0 aromatic carbocycles. The largest absolute Gasteiger partial charge is 0.371 e. The van der Waals surface area contributed by atoms with E-state index in [1.807, 2.05) is 41.4 Å². The lowest BCUT2D eigenvalue weighted by Gasteiger charge is -2.42. The lowest BCUT2D eigenvalue weighted by atomic mass is 9.98. The van der Waals surface area contributed by atoms with Gasteiger partial charge in [-0.2, -0.15) is 0 Å². The molecule has 1 unspecified atom stereocenters. The van der Waals surface area contributed by atoms with Crippen molar-refractivity contribution in [1.82, 2.24) is 19.8 Å². The molecule has 0 N–H and O–H groups in total. The van der Waals surface area contributed by atoms with E-state index in [1.165, 1.54) is 6.42 Å². The van der Waals surface area contributed by atoms with Crippen LogP contribution >= 0.6 is 0 Å². The molecule has 2 aromatic rings. The number of carbonyl (C=O) groups is 1. The zero-order chi connectivity index (χ0) is 19.2. The molecular weight excluding hydrogens is 352 g/mol. The second kappa shape index (κ2) is 9.26. The molecule has 6 heteroatoms. The van der Waals surface area contributed by atoms with E-state index in [1.54, 1.807) is 12.4 Å². The number of amides is 1. The molecule has 2 saturated heterocycles. The Hall–Kier alpha value is -2.31. The van der Waals surface area contributed by atoms with Crippen molar-refractivity contribution in [2.75, 3.05) is 26.2 Å². The summed E-state index contributed by atoms with van der Waals surface area (Å²) in [5, 5.41) is 0. The first-order valence-corrected chi connectivity index (χ1v) is 10.2. The number of hydrogen-bond acceptors (Lipinski definition) is 5. The third-order valence-corrected chi connectivity index (χ3v) is 5.78. The van der Waals surface area contributed by atoms with Crippen molar-refractivity contribution in [3.05, 3.63) is 60.2 Å². The standard InChI is InChI=1S/C22H28N4O2/c27-22(18-5-3-10-23-15-18)25-13-8-20(9-14-25)26-12-4-7-21(16-26)28-17-19-6-1-2-11-24-19/h1-3,5-6,10-11,15,20-21H,4,7-9,12-14,16-17H2. The molecule has 4 heterocycles. The van der Waals surface area contributed by atoms with E-state index >= 15 is 0 Å². The quantitative estimate of drug-likeness (QED) is 0.798. The number of nitrogens with zero attached hydrogens (tertiary/aromatic N) is 4. The smallest absolute Gasteiger partial charge is 0.255 e. The second-order valence-electron chi connectivity index (χ2n) is 7.66. The summed E-state index contributed by atoms with van der Waals surface area (Å²) < 4.78 is 6.13. The molecule has 2 aliphatic heterocycles. The van der Waals surface area contributed by atoms with Gasteiger partial charge >= 0.3 is 0 Å². The van der Waals surface area contributed by atoms with E-state index in [-0.39, 0.29) is 12.0 Å². The predicted octanol–water partition coefficient (Wildman–Crippen LogP) is 2.76. The number of hydrogen-bond donors (Lipinski definition) is 0. The van der Waals surface area contributed by atoms with Gasteiger partial charge in [0.25, 0.3) is 5.91 Å². The summed E-state index contributed by atoms with van der Waals surface area (Å²) in [5.41, 5.74) is 1.67. The minimum Gasteiger partial charge on any atom is -0.371 e. The van der Waals surface area contributed by atoms with E-state index in [9.17, 15) is 4.79 Å². The van der Waals surface area contributed by atoms with E-state index in [2.05, 4.69) is 14.9 Å². The molecule has 2 aliphatic rings. The van der Waals surface area contributed by atoms with Crippen molar-refractivity contribution in [2.24, 2.45) is 0 Å². The molecule has 0 radical (unpaired) electrons. The molecule has 2 aromatic heterocycles.